The average molecular weight is 384 g/mol. The summed E-state index contributed by atoms with van der Waals surface area (Å²) in [5, 5.41) is 5.25. The van der Waals surface area contributed by atoms with Crippen LogP contribution in [0.3, 0.4) is 0 Å². The molecule has 0 atom stereocenters. The number of aryl methyl sites for hydroxylation is 1. The number of nitrogens with one attached hydrogen (secondary N) is 2. The van der Waals surface area contributed by atoms with Gasteiger partial charge in [0.15, 0.2) is 0 Å². The molecular formula is C21H25FN4O2. The minimum atomic E-state index is -0.367. The Kier molecular flexibility index (Phi) is 6.60. The molecule has 0 aliphatic carbocycles. The van der Waals surface area contributed by atoms with Crippen LogP contribution in [0.4, 0.5) is 15.8 Å². The molecule has 1 heterocycles. The Morgan fingerprint density at radius 2 is 1.64 bits per heavy atom. The van der Waals surface area contributed by atoms with E-state index in [0.717, 1.165) is 26.2 Å². The summed E-state index contributed by atoms with van der Waals surface area (Å²) in [5.74, 6) is -0.892. The number of hydrogen-bond acceptors (Lipinski definition) is 4. The van der Waals surface area contributed by atoms with E-state index in [9.17, 15) is 14.0 Å². The molecular weight excluding hydrogens is 359 g/mol. The number of amides is 2. The Hall–Kier alpha value is -2.93. The normalized spacial score (nSPS) is 14.6. The van der Waals surface area contributed by atoms with Crippen LogP contribution < -0.4 is 15.5 Å². The summed E-state index contributed by atoms with van der Waals surface area (Å²) >= 11 is 0. The number of para-hydroxylation sites is 1. The van der Waals surface area contributed by atoms with Gasteiger partial charge >= 0.3 is 0 Å². The number of benzene rings is 2. The molecule has 0 saturated carbocycles. The van der Waals surface area contributed by atoms with Gasteiger partial charge in [-0.25, -0.2) is 4.39 Å². The van der Waals surface area contributed by atoms with Gasteiger partial charge in [0.2, 0.25) is 11.8 Å². The molecule has 6 nitrogen and oxygen atoms in total. The summed E-state index contributed by atoms with van der Waals surface area (Å²) in [6, 6.07) is 13.8. The van der Waals surface area contributed by atoms with Crippen molar-refractivity contribution in [1.29, 1.82) is 0 Å². The first-order valence-corrected chi connectivity index (χ1v) is 9.36. The zero-order valence-electron chi connectivity index (χ0n) is 16.0. The largest absolute Gasteiger partial charge is 0.369 e. The molecule has 3 rings (SSSR count). The molecule has 148 valence electrons. The lowest BCUT2D eigenvalue weighted by atomic mass is 10.1. The summed E-state index contributed by atoms with van der Waals surface area (Å²) < 4.78 is 12.9. The predicted octanol–water partition coefficient (Wildman–Crippen LogP) is 2.01. The van der Waals surface area contributed by atoms with E-state index in [1.807, 2.05) is 12.1 Å². The van der Waals surface area contributed by atoms with Gasteiger partial charge < -0.3 is 15.5 Å². The van der Waals surface area contributed by atoms with E-state index in [-0.39, 0.29) is 30.7 Å². The second-order valence-electron chi connectivity index (χ2n) is 6.88. The number of hydrogen-bond donors (Lipinski definition) is 2. The lowest BCUT2D eigenvalue weighted by molar-refractivity contribution is -0.125. The first-order valence-electron chi connectivity index (χ1n) is 9.36. The SMILES string of the molecule is Cc1ccccc1N1CCN(CC(=O)NCC(=O)Nc2ccc(F)cc2)CC1. The van der Waals surface area contributed by atoms with Crippen molar-refractivity contribution < 1.29 is 14.0 Å². The topological polar surface area (TPSA) is 64.7 Å². The lowest BCUT2D eigenvalue weighted by Gasteiger charge is -2.36. The molecule has 28 heavy (non-hydrogen) atoms. The second-order valence-corrected chi connectivity index (χ2v) is 6.88. The summed E-state index contributed by atoms with van der Waals surface area (Å²) in [6.07, 6.45) is 0. The number of anilines is 2. The Morgan fingerprint density at radius 3 is 2.32 bits per heavy atom. The molecule has 0 spiro atoms. The number of halogens is 1. The first-order chi connectivity index (χ1) is 13.5. The maximum atomic E-state index is 12.9. The van der Waals surface area contributed by atoms with Gasteiger partial charge in [-0.2, -0.15) is 0 Å². The highest BCUT2D eigenvalue weighted by Crippen LogP contribution is 2.20. The van der Waals surface area contributed by atoms with Crippen LogP contribution in [0, 0.1) is 12.7 Å². The lowest BCUT2D eigenvalue weighted by Crippen LogP contribution is -2.50. The molecule has 0 aromatic heterocycles. The second kappa shape index (κ2) is 9.32. The summed E-state index contributed by atoms with van der Waals surface area (Å²) in [4.78, 5) is 28.4. The smallest absolute Gasteiger partial charge is 0.243 e. The number of carbonyl (C=O) groups is 2. The van der Waals surface area contributed by atoms with E-state index in [1.165, 1.54) is 35.5 Å². The van der Waals surface area contributed by atoms with Gasteiger partial charge in [0.25, 0.3) is 0 Å². The number of rotatable bonds is 6. The van der Waals surface area contributed by atoms with Crippen LogP contribution >= 0.6 is 0 Å². The summed E-state index contributed by atoms with van der Waals surface area (Å²) in [5.41, 5.74) is 2.98. The molecule has 0 bridgehead atoms. The third-order valence-electron chi connectivity index (χ3n) is 4.77. The van der Waals surface area contributed by atoms with Gasteiger partial charge in [-0.3, -0.25) is 14.5 Å². The van der Waals surface area contributed by atoms with Crippen LogP contribution in [0.1, 0.15) is 5.56 Å². The Labute approximate surface area is 164 Å². The molecule has 1 aliphatic heterocycles. The molecule has 2 aromatic carbocycles. The highest BCUT2D eigenvalue weighted by molar-refractivity contribution is 5.94. The first kappa shape index (κ1) is 19.8. The molecule has 2 N–H and O–H groups in total. The summed E-state index contributed by atoms with van der Waals surface area (Å²) in [6.45, 7) is 5.58. The van der Waals surface area contributed by atoms with Crippen LogP contribution in [-0.2, 0) is 9.59 Å². The van der Waals surface area contributed by atoms with Gasteiger partial charge in [0, 0.05) is 37.6 Å². The molecule has 2 aromatic rings. The number of carbonyl (C=O) groups excluding carboxylic acids is 2. The monoisotopic (exact) mass is 384 g/mol. The van der Waals surface area contributed by atoms with Crippen LogP contribution in [-0.4, -0.2) is 56.0 Å². The molecule has 0 radical (unpaired) electrons. The van der Waals surface area contributed by atoms with Crippen molar-refractivity contribution >= 4 is 23.2 Å². The van der Waals surface area contributed by atoms with Crippen LogP contribution in [0.25, 0.3) is 0 Å². The Morgan fingerprint density at radius 1 is 0.964 bits per heavy atom. The van der Waals surface area contributed by atoms with Gasteiger partial charge in [-0.1, -0.05) is 18.2 Å². The van der Waals surface area contributed by atoms with E-state index >= 15 is 0 Å². The fourth-order valence-corrected chi connectivity index (χ4v) is 3.24. The van der Waals surface area contributed by atoms with Crippen molar-refractivity contribution in [3.8, 4) is 0 Å². The Bertz CT molecular complexity index is 817. The van der Waals surface area contributed by atoms with Crippen LogP contribution in [0.5, 0.6) is 0 Å². The van der Waals surface area contributed by atoms with Gasteiger partial charge in [0.1, 0.15) is 5.82 Å². The predicted molar refractivity (Wildman–Crippen MR) is 108 cm³/mol. The zero-order chi connectivity index (χ0) is 19.9. The average Bonchev–Trinajstić information content (AvgIpc) is 2.69. The minimum Gasteiger partial charge on any atom is -0.369 e. The molecule has 1 fully saturated rings. The zero-order valence-corrected chi connectivity index (χ0v) is 16.0. The maximum Gasteiger partial charge on any atom is 0.243 e. The van der Waals surface area contributed by atoms with Crippen LogP contribution in [0.15, 0.2) is 48.5 Å². The Balaban J connectivity index is 1.38. The van der Waals surface area contributed by atoms with Crippen LogP contribution in [0.2, 0.25) is 0 Å². The molecule has 7 heteroatoms. The van der Waals surface area contributed by atoms with E-state index in [4.69, 9.17) is 0 Å². The van der Waals surface area contributed by atoms with Crippen molar-refractivity contribution in [3.05, 3.63) is 59.9 Å². The molecule has 1 aliphatic rings. The highest BCUT2D eigenvalue weighted by atomic mass is 19.1. The minimum absolute atomic E-state index is 0.112. The van der Waals surface area contributed by atoms with E-state index in [2.05, 4.69) is 39.5 Å². The number of piperazine rings is 1. The third-order valence-corrected chi connectivity index (χ3v) is 4.77. The molecule has 1 saturated heterocycles. The van der Waals surface area contributed by atoms with Crippen molar-refractivity contribution in [2.45, 2.75) is 6.92 Å². The third kappa shape index (κ3) is 5.53. The van der Waals surface area contributed by atoms with Crippen molar-refractivity contribution in [1.82, 2.24) is 10.2 Å². The van der Waals surface area contributed by atoms with E-state index in [0.29, 0.717) is 5.69 Å². The fourth-order valence-electron chi connectivity index (χ4n) is 3.24. The molecule has 0 unspecified atom stereocenters. The highest BCUT2D eigenvalue weighted by Gasteiger charge is 2.20. The standard InChI is InChI=1S/C21H25FN4O2/c1-16-4-2-3-5-19(16)26-12-10-25(11-13-26)15-21(28)23-14-20(27)24-18-8-6-17(22)7-9-18/h2-9H,10-15H2,1H3,(H,23,28)(H,24,27). The van der Waals surface area contributed by atoms with Crippen molar-refractivity contribution in [2.24, 2.45) is 0 Å². The quantitative estimate of drug-likeness (QED) is 0.800. The maximum absolute atomic E-state index is 12.9. The fraction of sp³-hybridized carbons (Fsp3) is 0.333. The van der Waals surface area contributed by atoms with Crippen molar-refractivity contribution in [2.75, 3.05) is 49.5 Å². The number of nitrogens with zero attached hydrogens (tertiary/aromatic N) is 2. The van der Waals surface area contributed by atoms with Gasteiger partial charge in [-0.05, 0) is 42.8 Å². The van der Waals surface area contributed by atoms with E-state index in [1.54, 1.807) is 0 Å². The summed E-state index contributed by atoms with van der Waals surface area (Å²) in [7, 11) is 0. The van der Waals surface area contributed by atoms with Gasteiger partial charge in [-0.15, -0.1) is 0 Å². The van der Waals surface area contributed by atoms with Crippen molar-refractivity contribution in [3.63, 3.8) is 0 Å². The van der Waals surface area contributed by atoms with Gasteiger partial charge in [0.05, 0.1) is 13.1 Å². The molecule has 2 amide bonds. The van der Waals surface area contributed by atoms with E-state index < -0.39 is 0 Å².